The van der Waals surface area contributed by atoms with Gasteiger partial charge in [-0.3, -0.25) is 4.79 Å². The Morgan fingerprint density at radius 2 is 1.64 bits per heavy atom. The highest BCUT2D eigenvalue weighted by Gasteiger charge is 2.31. The van der Waals surface area contributed by atoms with Crippen LogP contribution in [0.4, 0.5) is 0 Å². The van der Waals surface area contributed by atoms with Crippen molar-refractivity contribution in [3.8, 4) is 23.0 Å². The van der Waals surface area contributed by atoms with Gasteiger partial charge in [0.25, 0.3) is 0 Å². The fourth-order valence-corrected chi connectivity index (χ4v) is 4.84. The van der Waals surface area contributed by atoms with Crippen LogP contribution in [0.2, 0.25) is 0 Å². The van der Waals surface area contributed by atoms with Gasteiger partial charge in [-0.2, -0.15) is 0 Å². The fourth-order valence-electron chi connectivity index (χ4n) is 4.84. The van der Waals surface area contributed by atoms with Crippen molar-refractivity contribution in [2.75, 3.05) is 26.5 Å². The largest absolute Gasteiger partial charge is 0.508 e. The molecule has 1 saturated carbocycles. The zero-order valence-electron chi connectivity index (χ0n) is 22.4. The van der Waals surface area contributed by atoms with Gasteiger partial charge in [0.2, 0.25) is 6.79 Å². The summed E-state index contributed by atoms with van der Waals surface area (Å²) in [7, 11) is 0. The van der Waals surface area contributed by atoms with Gasteiger partial charge in [0.15, 0.2) is 11.5 Å². The number of aromatic hydroxyl groups is 1. The number of hydrogen-bond acceptors (Lipinski definition) is 7. The highest BCUT2D eigenvalue weighted by molar-refractivity contribution is 6.00. The minimum Gasteiger partial charge on any atom is -0.508 e. The first-order valence-corrected chi connectivity index (χ1v) is 13.6. The molecule has 0 radical (unpaired) electrons. The van der Waals surface area contributed by atoms with E-state index in [0.717, 1.165) is 59.6 Å². The van der Waals surface area contributed by atoms with Crippen molar-refractivity contribution >= 4 is 17.1 Å². The molecule has 1 aliphatic carbocycles. The van der Waals surface area contributed by atoms with E-state index in [-0.39, 0.29) is 31.2 Å². The molecule has 2 N–H and O–H groups in total. The first kappa shape index (κ1) is 26.6. The van der Waals surface area contributed by atoms with Crippen molar-refractivity contribution in [2.45, 2.75) is 39.2 Å². The maximum atomic E-state index is 11.5. The van der Waals surface area contributed by atoms with Crippen LogP contribution in [0.3, 0.4) is 0 Å². The first-order chi connectivity index (χ1) is 19.0. The van der Waals surface area contributed by atoms with Crippen molar-refractivity contribution < 1.29 is 28.8 Å². The number of allylic oxidation sites excluding steroid dienone is 1. The maximum absolute atomic E-state index is 11.5. The SMILES string of the molecule is CCCNCC(COc1ccc(/C(=C(/c2ccc3c(c2)OCO3)C2CC2)c2ccc(O)cc2)cc1)OC(C)=O. The molecule has 3 aromatic rings. The molecule has 0 amide bonds. The Hall–Kier alpha value is -3.97. The third kappa shape index (κ3) is 6.73. The van der Waals surface area contributed by atoms with Gasteiger partial charge in [0, 0.05) is 13.5 Å². The third-order valence-corrected chi connectivity index (χ3v) is 6.80. The van der Waals surface area contributed by atoms with E-state index < -0.39 is 0 Å². The Morgan fingerprint density at radius 1 is 0.974 bits per heavy atom. The molecule has 1 unspecified atom stereocenters. The van der Waals surface area contributed by atoms with Crippen molar-refractivity contribution in [1.82, 2.24) is 5.32 Å². The summed E-state index contributed by atoms with van der Waals surface area (Å²) in [4.78, 5) is 11.5. The highest BCUT2D eigenvalue weighted by atomic mass is 16.7. The molecule has 39 heavy (non-hydrogen) atoms. The molecular weight excluding hydrogens is 494 g/mol. The van der Waals surface area contributed by atoms with Crippen LogP contribution in [-0.2, 0) is 9.53 Å². The van der Waals surface area contributed by atoms with E-state index in [1.807, 2.05) is 30.3 Å². The van der Waals surface area contributed by atoms with Crippen molar-refractivity contribution in [1.29, 1.82) is 0 Å². The van der Waals surface area contributed by atoms with Gasteiger partial charge >= 0.3 is 5.97 Å². The lowest BCUT2D eigenvalue weighted by molar-refractivity contribution is -0.147. The van der Waals surface area contributed by atoms with E-state index >= 15 is 0 Å². The molecule has 7 heteroatoms. The second kappa shape index (κ2) is 12.3. The predicted molar refractivity (Wildman–Crippen MR) is 150 cm³/mol. The number of carbonyl (C=O) groups is 1. The molecule has 0 aromatic heterocycles. The topological polar surface area (TPSA) is 86.2 Å². The number of nitrogens with one attached hydrogen (secondary N) is 1. The number of hydrogen-bond donors (Lipinski definition) is 2. The molecule has 1 aliphatic heterocycles. The molecule has 0 spiro atoms. The molecule has 5 rings (SSSR count). The number of phenols is 1. The Labute approximate surface area is 229 Å². The quantitative estimate of drug-likeness (QED) is 0.174. The van der Waals surface area contributed by atoms with Gasteiger partial charge in [-0.1, -0.05) is 37.3 Å². The molecule has 1 atom stereocenters. The third-order valence-electron chi connectivity index (χ3n) is 6.80. The fraction of sp³-hybridized carbons (Fsp3) is 0.344. The lowest BCUT2D eigenvalue weighted by Gasteiger charge is -2.19. The number of rotatable bonds is 12. The number of benzene rings is 3. The molecule has 204 valence electrons. The summed E-state index contributed by atoms with van der Waals surface area (Å²) in [5.74, 6) is 2.57. The molecule has 1 heterocycles. The zero-order valence-corrected chi connectivity index (χ0v) is 22.4. The van der Waals surface area contributed by atoms with Gasteiger partial charge < -0.3 is 29.4 Å². The molecule has 0 bridgehead atoms. The lowest BCUT2D eigenvalue weighted by Crippen LogP contribution is -2.35. The van der Waals surface area contributed by atoms with Gasteiger partial charge in [0.1, 0.15) is 24.2 Å². The Morgan fingerprint density at radius 3 is 2.31 bits per heavy atom. The van der Waals surface area contributed by atoms with E-state index in [4.69, 9.17) is 18.9 Å². The summed E-state index contributed by atoms with van der Waals surface area (Å²) in [5, 5.41) is 13.2. The highest BCUT2D eigenvalue weighted by Crippen LogP contribution is 2.49. The summed E-state index contributed by atoms with van der Waals surface area (Å²) in [5.41, 5.74) is 5.55. The number of esters is 1. The first-order valence-electron chi connectivity index (χ1n) is 13.6. The van der Waals surface area contributed by atoms with Crippen LogP contribution >= 0.6 is 0 Å². The Bertz CT molecular complexity index is 1310. The van der Waals surface area contributed by atoms with Crippen LogP contribution in [0.5, 0.6) is 23.0 Å². The van der Waals surface area contributed by atoms with Crippen molar-refractivity contribution in [3.05, 3.63) is 83.4 Å². The summed E-state index contributed by atoms with van der Waals surface area (Å²) >= 11 is 0. The van der Waals surface area contributed by atoms with Crippen molar-refractivity contribution in [3.63, 3.8) is 0 Å². The molecule has 3 aromatic carbocycles. The standard InChI is InChI=1S/C32H35NO6/c1-3-16-33-18-28(39-21(2)34)19-36-27-13-8-24(9-14-27)31(23-6-11-26(35)12-7-23)32(22-4-5-22)25-10-15-29-30(17-25)38-20-37-29/h6-15,17,22,28,33,35H,3-5,16,18-20H2,1-2H3/b32-31+. The number of ether oxygens (including phenoxy) is 4. The minimum absolute atomic E-state index is 0.230. The molecule has 2 aliphatic rings. The van der Waals surface area contributed by atoms with Crippen LogP contribution in [0.1, 0.15) is 49.8 Å². The van der Waals surface area contributed by atoms with Gasteiger partial charge in [-0.05, 0) is 96.0 Å². The Balaban J connectivity index is 1.45. The van der Waals surface area contributed by atoms with E-state index in [0.29, 0.717) is 18.2 Å². The average molecular weight is 530 g/mol. The van der Waals surface area contributed by atoms with Crippen LogP contribution < -0.4 is 19.5 Å². The van der Waals surface area contributed by atoms with Gasteiger partial charge in [-0.15, -0.1) is 0 Å². The van der Waals surface area contributed by atoms with E-state index in [1.165, 1.54) is 12.5 Å². The zero-order chi connectivity index (χ0) is 27.2. The van der Waals surface area contributed by atoms with E-state index in [9.17, 15) is 9.90 Å². The average Bonchev–Trinajstić information content (AvgIpc) is 3.66. The minimum atomic E-state index is -0.367. The Kier molecular flexibility index (Phi) is 8.37. The molecule has 0 saturated heterocycles. The monoisotopic (exact) mass is 529 g/mol. The molecular formula is C32H35NO6. The number of phenolic OH excluding ortho intramolecular Hbond substituents is 1. The van der Waals surface area contributed by atoms with E-state index in [2.05, 4.69) is 36.5 Å². The van der Waals surface area contributed by atoms with Crippen LogP contribution in [-0.4, -0.2) is 43.7 Å². The second-order valence-corrected chi connectivity index (χ2v) is 9.95. The van der Waals surface area contributed by atoms with Crippen molar-refractivity contribution in [2.24, 2.45) is 5.92 Å². The number of fused-ring (bicyclic) bond motifs is 1. The normalized spacial score (nSPS) is 15.4. The lowest BCUT2D eigenvalue weighted by atomic mass is 9.87. The maximum Gasteiger partial charge on any atom is 0.303 e. The smallest absolute Gasteiger partial charge is 0.303 e. The summed E-state index contributed by atoms with van der Waals surface area (Å²) in [6.45, 7) is 5.40. The van der Waals surface area contributed by atoms with Crippen LogP contribution in [0, 0.1) is 5.92 Å². The van der Waals surface area contributed by atoms with Gasteiger partial charge in [0.05, 0.1) is 0 Å². The number of carbonyl (C=O) groups excluding carboxylic acids is 1. The molecule has 1 fully saturated rings. The predicted octanol–water partition coefficient (Wildman–Crippen LogP) is 5.80. The van der Waals surface area contributed by atoms with Gasteiger partial charge in [-0.25, -0.2) is 0 Å². The second-order valence-electron chi connectivity index (χ2n) is 9.95. The van der Waals surface area contributed by atoms with Crippen LogP contribution in [0.15, 0.2) is 66.7 Å². The summed E-state index contributed by atoms with van der Waals surface area (Å²) in [6.07, 6.45) is 2.88. The summed E-state index contributed by atoms with van der Waals surface area (Å²) < 4.78 is 22.7. The van der Waals surface area contributed by atoms with Crippen LogP contribution in [0.25, 0.3) is 11.1 Å². The summed E-state index contributed by atoms with van der Waals surface area (Å²) in [6, 6.07) is 21.5. The molecule has 7 nitrogen and oxygen atoms in total. The van der Waals surface area contributed by atoms with E-state index in [1.54, 1.807) is 12.1 Å².